The van der Waals surface area contributed by atoms with Crippen LogP contribution in [-0.2, 0) is 0 Å². The van der Waals surface area contributed by atoms with Crippen LogP contribution in [0.3, 0.4) is 0 Å². The zero-order valence-corrected chi connectivity index (χ0v) is 11.8. The maximum atomic E-state index is 9.67. The van der Waals surface area contributed by atoms with Crippen molar-refractivity contribution in [3.05, 3.63) is 35.9 Å². The number of hydrogen-bond acceptors (Lipinski definition) is 2. The van der Waals surface area contributed by atoms with Gasteiger partial charge in [0.25, 0.3) is 0 Å². The molecule has 1 aliphatic heterocycles. The summed E-state index contributed by atoms with van der Waals surface area (Å²) in [6.07, 6.45) is 3.30. The molecule has 1 heterocycles. The van der Waals surface area contributed by atoms with E-state index in [2.05, 4.69) is 42.2 Å². The Morgan fingerprint density at radius 1 is 1.16 bits per heavy atom. The van der Waals surface area contributed by atoms with Crippen molar-refractivity contribution >= 4 is 0 Å². The van der Waals surface area contributed by atoms with Crippen molar-refractivity contribution in [2.24, 2.45) is 11.8 Å². The summed E-state index contributed by atoms with van der Waals surface area (Å²) < 4.78 is 0. The molecule has 2 heteroatoms. The zero-order valence-electron chi connectivity index (χ0n) is 11.8. The number of fused-ring (bicyclic) bond motifs is 1. The van der Waals surface area contributed by atoms with Crippen LogP contribution in [0.1, 0.15) is 37.7 Å². The van der Waals surface area contributed by atoms with Crippen LogP contribution < -0.4 is 0 Å². The number of rotatable bonds is 4. The second kappa shape index (κ2) is 5.64. The van der Waals surface area contributed by atoms with Gasteiger partial charge in [-0.3, -0.25) is 0 Å². The lowest BCUT2D eigenvalue weighted by atomic mass is 9.98. The number of nitrogens with zero attached hydrogens (tertiary/aromatic N) is 1. The van der Waals surface area contributed by atoms with Crippen molar-refractivity contribution in [3.8, 4) is 0 Å². The minimum absolute atomic E-state index is 0.0135. The van der Waals surface area contributed by atoms with Crippen molar-refractivity contribution < 1.29 is 5.11 Å². The standard InChI is InChI=1S/C17H25NO/c1-13(14-5-3-2-4-6-14)7-8-18-11-15-9-17(19)10-16(15)12-18/h2-6,13,15-17,19H,7-12H2,1H3/t13?,15-,16+,17?. The molecular formula is C17H25NO. The van der Waals surface area contributed by atoms with Gasteiger partial charge in [-0.15, -0.1) is 0 Å². The van der Waals surface area contributed by atoms with E-state index < -0.39 is 0 Å². The van der Waals surface area contributed by atoms with Crippen LogP contribution in [0.2, 0.25) is 0 Å². The molecule has 1 aromatic carbocycles. The molecule has 1 aliphatic carbocycles. The Balaban J connectivity index is 1.47. The third kappa shape index (κ3) is 3.01. The molecule has 4 atom stereocenters. The van der Waals surface area contributed by atoms with Gasteiger partial charge in [-0.25, -0.2) is 0 Å². The van der Waals surface area contributed by atoms with Crippen LogP contribution in [0.25, 0.3) is 0 Å². The molecule has 0 bridgehead atoms. The van der Waals surface area contributed by atoms with Gasteiger partial charge in [0, 0.05) is 13.1 Å². The molecule has 1 aromatic rings. The average Bonchev–Trinajstić information content (AvgIpc) is 2.93. The molecule has 2 unspecified atom stereocenters. The Kier molecular flexibility index (Phi) is 3.90. The van der Waals surface area contributed by atoms with E-state index in [0.29, 0.717) is 5.92 Å². The van der Waals surface area contributed by atoms with E-state index in [9.17, 15) is 5.11 Å². The van der Waals surface area contributed by atoms with Crippen LogP contribution in [0, 0.1) is 11.8 Å². The summed E-state index contributed by atoms with van der Waals surface area (Å²) in [7, 11) is 0. The highest BCUT2D eigenvalue weighted by molar-refractivity contribution is 5.18. The molecule has 0 aromatic heterocycles. The number of benzene rings is 1. The fourth-order valence-corrected chi connectivity index (χ4v) is 3.87. The van der Waals surface area contributed by atoms with Crippen LogP contribution in [-0.4, -0.2) is 35.7 Å². The van der Waals surface area contributed by atoms with Gasteiger partial charge in [0.2, 0.25) is 0 Å². The summed E-state index contributed by atoms with van der Waals surface area (Å²) in [4.78, 5) is 2.61. The summed E-state index contributed by atoms with van der Waals surface area (Å²) in [5, 5.41) is 9.67. The summed E-state index contributed by atoms with van der Waals surface area (Å²) in [6, 6.07) is 10.8. The first-order chi connectivity index (χ1) is 9.22. The second-order valence-electron chi connectivity index (χ2n) is 6.51. The van der Waals surface area contributed by atoms with E-state index in [1.54, 1.807) is 0 Å². The lowest BCUT2D eigenvalue weighted by Crippen LogP contribution is -2.25. The van der Waals surface area contributed by atoms with Gasteiger partial charge in [-0.1, -0.05) is 37.3 Å². The minimum Gasteiger partial charge on any atom is -0.393 e. The van der Waals surface area contributed by atoms with E-state index in [-0.39, 0.29) is 6.10 Å². The molecule has 3 rings (SSSR count). The molecule has 0 amide bonds. The molecule has 2 nitrogen and oxygen atoms in total. The summed E-state index contributed by atoms with van der Waals surface area (Å²) in [6.45, 7) is 5.96. The van der Waals surface area contributed by atoms with Crippen LogP contribution in [0.4, 0.5) is 0 Å². The van der Waals surface area contributed by atoms with Crippen molar-refractivity contribution in [2.75, 3.05) is 19.6 Å². The molecular weight excluding hydrogens is 234 g/mol. The van der Waals surface area contributed by atoms with Gasteiger partial charge in [-0.2, -0.15) is 0 Å². The Hall–Kier alpha value is -0.860. The van der Waals surface area contributed by atoms with Gasteiger partial charge < -0.3 is 10.0 Å². The molecule has 104 valence electrons. The Labute approximate surface area is 116 Å². The Bertz CT molecular complexity index is 391. The largest absolute Gasteiger partial charge is 0.393 e. The van der Waals surface area contributed by atoms with Crippen LogP contribution in [0.15, 0.2) is 30.3 Å². The first-order valence-electron chi connectivity index (χ1n) is 7.67. The maximum absolute atomic E-state index is 9.67. The van der Waals surface area contributed by atoms with E-state index in [1.165, 1.54) is 31.6 Å². The highest BCUT2D eigenvalue weighted by Crippen LogP contribution is 2.38. The molecule has 1 saturated carbocycles. The Morgan fingerprint density at radius 2 is 1.79 bits per heavy atom. The number of aliphatic hydroxyl groups excluding tert-OH is 1. The summed E-state index contributed by atoms with van der Waals surface area (Å²) in [5.74, 6) is 2.18. The number of aliphatic hydroxyl groups is 1. The summed E-state index contributed by atoms with van der Waals surface area (Å²) >= 11 is 0. The molecule has 2 fully saturated rings. The molecule has 19 heavy (non-hydrogen) atoms. The number of hydrogen-bond donors (Lipinski definition) is 1. The van der Waals surface area contributed by atoms with E-state index in [0.717, 1.165) is 24.7 Å². The van der Waals surface area contributed by atoms with Gasteiger partial charge >= 0.3 is 0 Å². The lowest BCUT2D eigenvalue weighted by molar-refractivity contribution is 0.161. The van der Waals surface area contributed by atoms with Gasteiger partial charge in [-0.05, 0) is 49.1 Å². The SMILES string of the molecule is CC(CCN1C[C@H]2CC(O)C[C@H]2C1)c1ccccc1. The van der Waals surface area contributed by atoms with Gasteiger partial charge in [0.15, 0.2) is 0 Å². The monoisotopic (exact) mass is 259 g/mol. The predicted molar refractivity (Wildman–Crippen MR) is 78.1 cm³/mol. The van der Waals surface area contributed by atoms with Gasteiger partial charge in [0.05, 0.1) is 6.10 Å². The zero-order chi connectivity index (χ0) is 13.2. The molecule has 2 aliphatic rings. The van der Waals surface area contributed by atoms with E-state index in [4.69, 9.17) is 0 Å². The Morgan fingerprint density at radius 3 is 2.42 bits per heavy atom. The lowest BCUT2D eigenvalue weighted by Gasteiger charge is -2.20. The number of likely N-dealkylation sites (tertiary alicyclic amines) is 1. The molecule has 0 radical (unpaired) electrons. The summed E-state index contributed by atoms with van der Waals surface area (Å²) in [5.41, 5.74) is 1.46. The van der Waals surface area contributed by atoms with E-state index in [1.807, 2.05) is 0 Å². The fraction of sp³-hybridized carbons (Fsp3) is 0.647. The van der Waals surface area contributed by atoms with Crippen LogP contribution in [0.5, 0.6) is 0 Å². The maximum Gasteiger partial charge on any atom is 0.0546 e. The quantitative estimate of drug-likeness (QED) is 0.898. The van der Waals surface area contributed by atoms with E-state index >= 15 is 0 Å². The highest BCUT2D eigenvalue weighted by atomic mass is 16.3. The highest BCUT2D eigenvalue weighted by Gasteiger charge is 2.39. The van der Waals surface area contributed by atoms with Crippen molar-refractivity contribution in [1.82, 2.24) is 4.90 Å². The van der Waals surface area contributed by atoms with Crippen molar-refractivity contribution in [3.63, 3.8) is 0 Å². The molecule has 0 spiro atoms. The topological polar surface area (TPSA) is 23.5 Å². The third-order valence-electron chi connectivity index (χ3n) is 5.05. The normalized spacial score (nSPS) is 32.4. The molecule has 1 N–H and O–H groups in total. The minimum atomic E-state index is -0.0135. The molecule has 1 saturated heterocycles. The predicted octanol–water partition coefficient (Wildman–Crippen LogP) is 2.88. The second-order valence-corrected chi connectivity index (χ2v) is 6.51. The van der Waals surface area contributed by atoms with Crippen LogP contribution >= 0.6 is 0 Å². The van der Waals surface area contributed by atoms with Gasteiger partial charge in [0.1, 0.15) is 0 Å². The smallest absolute Gasteiger partial charge is 0.0546 e. The first kappa shape index (κ1) is 13.1. The third-order valence-corrected chi connectivity index (χ3v) is 5.05. The van der Waals surface area contributed by atoms with Crippen molar-refractivity contribution in [1.29, 1.82) is 0 Å². The first-order valence-corrected chi connectivity index (χ1v) is 7.67. The fourth-order valence-electron chi connectivity index (χ4n) is 3.87. The van der Waals surface area contributed by atoms with Crippen molar-refractivity contribution in [2.45, 2.75) is 38.2 Å². The average molecular weight is 259 g/mol.